The van der Waals surface area contributed by atoms with E-state index < -0.39 is 0 Å². The molecule has 31 heavy (non-hydrogen) atoms. The van der Waals surface area contributed by atoms with E-state index in [0.717, 1.165) is 30.0 Å². The van der Waals surface area contributed by atoms with Gasteiger partial charge in [-0.3, -0.25) is 4.79 Å². The number of hydrogen-bond acceptors (Lipinski definition) is 5. The Bertz CT molecular complexity index is 996. The number of benzene rings is 2. The molecule has 0 saturated carbocycles. The van der Waals surface area contributed by atoms with Crippen LogP contribution in [0.15, 0.2) is 60.9 Å². The van der Waals surface area contributed by atoms with Gasteiger partial charge in [-0.15, -0.1) is 0 Å². The van der Waals surface area contributed by atoms with Gasteiger partial charge in [0.15, 0.2) is 5.78 Å². The molecule has 1 aliphatic heterocycles. The van der Waals surface area contributed by atoms with Crippen molar-refractivity contribution in [3.8, 4) is 17.2 Å². The van der Waals surface area contributed by atoms with Gasteiger partial charge in [-0.05, 0) is 86.8 Å². The highest BCUT2D eigenvalue weighted by molar-refractivity contribution is 5.97. The predicted octanol–water partition coefficient (Wildman–Crippen LogP) is 4.26. The smallest absolute Gasteiger partial charge is 0.167 e. The Labute approximate surface area is 183 Å². The first kappa shape index (κ1) is 21.1. The molecule has 6 heteroatoms. The number of Topliss-reactive ketones (excluding diaryl/α,β-unsaturated/α-hetero) is 1. The zero-order valence-corrected chi connectivity index (χ0v) is 17.9. The molecule has 4 rings (SSSR count). The van der Waals surface area contributed by atoms with Crippen LogP contribution in [0.2, 0.25) is 0 Å². The molecule has 1 atom stereocenters. The Hall–Kier alpha value is -3.12. The Morgan fingerprint density at radius 3 is 2.65 bits per heavy atom. The number of aromatic hydroxyl groups is 1. The zero-order chi connectivity index (χ0) is 21.6. The van der Waals surface area contributed by atoms with Crippen LogP contribution in [0.3, 0.4) is 0 Å². The molecule has 1 aliphatic rings. The number of rotatable bonds is 9. The molecule has 0 radical (unpaired) electrons. The number of nitrogens with zero attached hydrogens (tertiary/aromatic N) is 3. The van der Waals surface area contributed by atoms with Crippen LogP contribution in [0, 0.1) is 0 Å². The van der Waals surface area contributed by atoms with Crippen molar-refractivity contribution < 1.29 is 14.6 Å². The lowest BCUT2D eigenvalue weighted by atomic mass is 10.1. The molecule has 1 fully saturated rings. The van der Waals surface area contributed by atoms with Gasteiger partial charge in [-0.2, -0.15) is 5.10 Å². The molecule has 2 aromatic carbocycles. The van der Waals surface area contributed by atoms with E-state index in [1.807, 2.05) is 30.5 Å². The number of likely N-dealkylation sites (tertiary alicyclic amines) is 1. The summed E-state index contributed by atoms with van der Waals surface area (Å²) in [5.74, 6) is 0.998. The maximum atomic E-state index is 12.4. The van der Waals surface area contributed by atoms with Gasteiger partial charge in [0.1, 0.15) is 11.5 Å². The second kappa shape index (κ2) is 9.79. The lowest BCUT2D eigenvalue weighted by molar-refractivity contribution is 0.0993. The molecule has 1 N–H and O–H groups in total. The van der Waals surface area contributed by atoms with Gasteiger partial charge in [-0.25, -0.2) is 4.68 Å². The minimum Gasteiger partial charge on any atom is -0.508 e. The fourth-order valence-electron chi connectivity index (χ4n) is 4.01. The molecule has 1 saturated heterocycles. The second-order valence-electron chi connectivity index (χ2n) is 8.16. The SMILES string of the molecule is CC1CCCN1CCCOc1ccc(-n2cc(CC(=O)c3ccc(O)cc3)cn2)cc1. The predicted molar refractivity (Wildman–Crippen MR) is 120 cm³/mol. The summed E-state index contributed by atoms with van der Waals surface area (Å²) >= 11 is 0. The molecule has 3 aromatic rings. The van der Waals surface area contributed by atoms with Crippen LogP contribution in [-0.4, -0.2) is 51.3 Å². The summed E-state index contributed by atoms with van der Waals surface area (Å²) < 4.78 is 7.65. The fourth-order valence-corrected chi connectivity index (χ4v) is 4.01. The van der Waals surface area contributed by atoms with Crippen LogP contribution in [0.25, 0.3) is 5.69 Å². The average molecular weight is 420 g/mol. The van der Waals surface area contributed by atoms with E-state index >= 15 is 0 Å². The van der Waals surface area contributed by atoms with Crippen LogP contribution in [0.5, 0.6) is 11.5 Å². The van der Waals surface area contributed by atoms with Crippen molar-refractivity contribution in [1.82, 2.24) is 14.7 Å². The van der Waals surface area contributed by atoms with Gasteiger partial charge in [0, 0.05) is 30.8 Å². The van der Waals surface area contributed by atoms with Crippen LogP contribution < -0.4 is 4.74 Å². The van der Waals surface area contributed by atoms with Crippen LogP contribution in [-0.2, 0) is 6.42 Å². The zero-order valence-electron chi connectivity index (χ0n) is 17.9. The largest absolute Gasteiger partial charge is 0.508 e. The van der Waals surface area contributed by atoms with Crippen LogP contribution >= 0.6 is 0 Å². The summed E-state index contributed by atoms with van der Waals surface area (Å²) in [7, 11) is 0. The number of hydrogen-bond donors (Lipinski definition) is 1. The molecular formula is C25H29N3O3. The number of ketones is 1. The molecule has 2 heterocycles. The summed E-state index contributed by atoms with van der Waals surface area (Å²) in [6.07, 6.45) is 7.49. The van der Waals surface area contributed by atoms with Gasteiger partial charge < -0.3 is 14.7 Å². The van der Waals surface area contributed by atoms with Gasteiger partial charge in [0.05, 0.1) is 18.5 Å². The number of phenols is 1. The maximum Gasteiger partial charge on any atom is 0.167 e. The van der Waals surface area contributed by atoms with Gasteiger partial charge in [0.25, 0.3) is 0 Å². The topological polar surface area (TPSA) is 67.6 Å². The van der Waals surface area contributed by atoms with Crippen molar-refractivity contribution in [2.24, 2.45) is 0 Å². The third kappa shape index (κ3) is 5.52. The molecular weight excluding hydrogens is 390 g/mol. The third-order valence-electron chi connectivity index (χ3n) is 5.84. The Morgan fingerprint density at radius 2 is 1.94 bits per heavy atom. The number of carbonyl (C=O) groups excluding carboxylic acids is 1. The molecule has 0 amide bonds. The first-order valence-electron chi connectivity index (χ1n) is 10.9. The Kier molecular flexibility index (Phi) is 6.67. The average Bonchev–Trinajstić information content (AvgIpc) is 3.41. The Morgan fingerprint density at radius 1 is 1.16 bits per heavy atom. The van der Waals surface area contributed by atoms with Crippen LogP contribution in [0.4, 0.5) is 0 Å². The highest BCUT2D eigenvalue weighted by Crippen LogP contribution is 2.18. The Balaban J connectivity index is 1.27. The second-order valence-corrected chi connectivity index (χ2v) is 8.16. The normalized spacial score (nSPS) is 16.5. The molecule has 0 spiro atoms. The van der Waals surface area contributed by atoms with Crippen molar-refractivity contribution in [3.63, 3.8) is 0 Å². The highest BCUT2D eigenvalue weighted by atomic mass is 16.5. The lowest BCUT2D eigenvalue weighted by Gasteiger charge is -2.20. The fraction of sp³-hybridized carbons (Fsp3) is 0.360. The van der Waals surface area contributed by atoms with Crippen molar-refractivity contribution in [2.75, 3.05) is 19.7 Å². The van der Waals surface area contributed by atoms with E-state index in [2.05, 4.69) is 16.9 Å². The van der Waals surface area contributed by atoms with E-state index in [1.54, 1.807) is 23.0 Å². The van der Waals surface area contributed by atoms with Gasteiger partial charge >= 0.3 is 0 Å². The summed E-state index contributed by atoms with van der Waals surface area (Å²) in [5.41, 5.74) is 2.34. The summed E-state index contributed by atoms with van der Waals surface area (Å²) in [6.45, 7) is 5.32. The van der Waals surface area contributed by atoms with Crippen LogP contribution in [0.1, 0.15) is 42.1 Å². The van der Waals surface area contributed by atoms with E-state index in [9.17, 15) is 9.90 Å². The molecule has 6 nitrogen and oxygen atoms in total. The van der Waals surface area contributed by atoms with E-state index in [4.69, 9.17) is 4.74 Å². The minimum absolute atomic E-state index is 0.00776. The molecule has 162 valence electrons. The third-order valence-corrected chi connectivity index (χ3v) is 5.84. The van der Waals surface area contributed by atoms with Gasteiger partial charge in [-0.1, -0.05) is 0 Å². The van der Waals surface area contributed by atoms with Gasteiger partial charge in [0.2, 0.25) is 0 Å². The van der Waals surface area contributed by atoms with E-state index in [0.29, 0.717) is 18.2 Å². The number of phenolic OH excluding ortho intramolecular Hbond substituents is 1. The minimum atomic E-state index is -0.00776. The van der Waals surface area contributed by atoms with Crippen molar-refractivity contribution in [1.29, 1.82) is 0 Å². The summed E-state index contributed by atoms with van der Waals surface area (Å²) in [5, 5.41) is 13.7. The quantitative estimate of drug-likeness (QED) is 0.415. The highest BCUT2D eigenvalue weighted by Gasteiger charge is 2.19. The maximum absolute atomic E-state index is 12.4. The van der Waals surface area contributed by atoms with Crippen molar-refractivity contribution >= 4 is 5.78 Å². The molecule has 0 aliphatic carbocycles. The molecule has 1 unspecified atom stereocenters. The summed E-state index contributed by atoms with van der Waals surface area (Å²) in [6, 6.07) is 14.9. The monoisotopic (exact) mass is 419 g/mol. The first-order valence-corrected chi connectivity index (χ1v) is 10.9. The number of ether oxygens (including phenoxy) is 1. The number of carbonyl (C=O) groups is 1. The lowest BCUT2D eigenvalue weighted by Crippen LogP contribution is -2.28. The number of aromatic nitrogens is 2. The van der Waals surface area contributed by atoms with Crippen molar-refractivity contribution in [3.05, 3.63) is 72.1 Å². The van der Waals surface area contributed by atoms with Crippen molar-refractivity contribution in [2.45, 2.75) is 38.6 Å². The van der Waals surface area contributed by atoms with E-state index in [-0.39, 0.29) is 18.0 Å². The molecule has 1 aromatic heterocycles. The molecule has 0 bridgehead atoms. The van der Waals surface area contributed by atoms with E-state index in [1.165, 1.54) is 31.5 Å². The standard InChI is InChI=1S/C25H29N3O3/c1-19-4-2-13-27(19)14-3-15-31-24-11-7-22(8-12-24)28-18-20(17-26-28)16-25(30)21-5-9-23(29)10-6-21/h5-12,17-19,29H,2-4,13-16H2,1H3. The first-order chi connectivity index (χ1) is 15.1. The summed E-state index contributed by atoms with van der Waals surface area (Å²) in [4.78, 5) is 14.9.